The van der Waals surface area contributed by atoms with Gasteiger partial charge in [0.25, 0.3) is 5.91 Å². The minimum atomic E-state index is -0.417. The maximum atomic E-state index is 13.0. The normalized spacial score (nSPS) is 15.1. The van der Waals surface area contributed by atoms with Crippen molar-refractivity contribution in [2.24, 2.45) is 0 Å². The molecule has 1 aliphatic rings. The van der Waals surface area contributed by atoms with E-state index in [-0.39, 0.29) is 5.91 Å². The molecule has 28 heavy (non-hydrogen) atoms. The number of aromatic nitrogens is 1. The molecule has 6 nitrogen and oxygen atoms in total. The molecule has 3 aromatic rings. The van der Waals surface area contributed by atoms with Crippen LogP contribution in [0.4, 0.5) is 5.69 Å². The van der Waals surface area contributed by atoms with Gasteiger partial charge in [0.15, 0.2) is 0 Å². The Hall–Kier alpha value is -3.85. The fourth-order valence-corrected chi connectivity index (χ4v) is 3.31. The van der Waals surface area contributed by atoms with E-state index in [0.717, 1.165) is 17.0 Å². The number of carbonyl (C=O) groups excluding carboxylic acids is 1. The van der Waals surface area contributed by atoms with Crippen LogP contribution in [-0.4, -0.2) is 22.9 Å². The molecule has 2 aromatic carbocycles. The van der Waals surface area contributed by atoms with Crippen LogP contribution in [0.3, 0.4) is 0 Å². The number of nitrogens with one attached hydrogen (secondary N) is 1. The number of carbonyl (C=O) groups is 1. The van der Waals surface area contributed by atoms with Gasteiger partial charge in [-0.15, -0.1) is 0 Å². The Labute approximate surface area is 163 Å². The van der Waals surface area contributed by atoms with Gasteiger partial charge in [0.1, 0.15) is 11.9 Å². The largest absolute Gasteiger partial charge is 0.497 e. The van der Waals surface area contributed by atoms with E-state index in [1.165, 1.54) is 0 Å². The Morgan fingerprint density at radius 1 is 1.18 bits per heavy atom. The molecule has 6 heteroatoms. The molecule has 0 saturated carbocycles. The maximum absolute atomic E-state index is 13.0. The van der Waals surface area contributed by atoms with Gasteiger partial charge in [-0.2, -0.15) is 5.26 Å². The molecule has 4 rings (SSSR count). The van der Waals surface area contributed by atoms with Gasteiger partial charge in [-0.05, 0) is 48.0 Å². The van der Waals surface area contributed by atoms with E-state index in [2.05, 4.69) is 16.4 Å². The number of hydrogen-bond donors (Lipinski definition) is 1. The van der Waals surface area contributed by atoms with E-state index in [0.29, 0.717) is 23.4 Å². The number of methoxy groups -OCH3 is 1. The molecular formula is C22H18N4O2. The van der Waals surface area contributed by atoms with Crippen molar-refractivity contribution in [3.63, 3.8) is 0 Å². The SMILES string of the molecule is COc1ccc(CN2C(=O)c3cccnc3C2Nc2cccc(C#N)c2)cc1. The predicted molar refractivity (Wildman–Crippen MR) is 105 cm³/mol. The van der Waals surface area contributed by atoms with Crippen molar-refractivity contribution in [2.45, 2.75) is 12.7 Å². The second-order valence-corrected chi connectivity index (χ2v) is 6.46. The summed E-state index contributed by atoms with van der Waals surface area (Å²) in [6, 6.07) is 20.5. The molecule has 0 saturated heterocycles. The smallest absolute Gasteiger partial charge is 0.258 e. The molecule has 2 heterocycles. The third-order valence-corrected chi connectivity index (χ3v) is 4.71. The number of hydrogen-bond acceptors (Lipinski definition) is 5. The highest BCUT2D eigenvalue weighted by molar-refractivity contribution is 5.98. The molecule has 1 amide bonds. The Kier molecular flexibility index (Phi) is 4.65. The first kappa shape index (κ1) is 17.6. The minimum absolute atomic E-state index is 0.0761. The number of anilines is 1. The van der Waals surface area contributed by atoms with Gasteiger partial charge < -0.3 is 15.0 Å². The zero-order valence-corrected chi connectivity index (χ0v) is 15.3. The Morgan fingerprint density at radius 2 is 2.00 bits per heavy atom. The fourth-order valence-electron chi connectivity index (χ4n) is 3.31. The van der Waals surface area contributed by atoms with Gasteiger partial charge >= 0.3 is 0 Å². The summed E-state index contributed by atoms with van der Waals surface area (Å²) in [4.78, 5) is 19.2. The molecule has 1 aromatic heterocycles. The number of amides is 1. The first-order chi connectivity index (χ1) is 13.7. The molecule has 0 radical (unpaired) electrons. The molecule has 0 fully saturated rings. The highest BCUT2D eigenvalue weighted by Crippen LogP contribution is 2.34. The van der Waals surface area contributed by atoms with Crippen molar-refractivity contribution in [1.82, 2.24) is 9.88 Å². The summed E-state index contributed by atoms with van der Waals surface area (Å²) in [5, 5.41) is 12.5. The number of rotatable bonds is 5. The summed E-state index contributed by atoms with van der Waals surface area (Å²) < 4.78 is 5.20. The van der Waals surface area contributed by atoms with Gasteiger partial charge in [0.05, 0.1) is 30.0 Å². The highest BCUT2D eigenvalue weighted by atomic mass is 16.5. The summed E-state index contributed by atoms with van der Waals surface area (Å²) in [5.41, 5.74) is 3.57. The van der Waals surface area contributed by atoms with Gasteiger partial charge in [0.2, 0.25) is 0 Å². The van der Waals surface area contributed by atoms with Crippen molar-refractivity contribution in [2.75, 3.05) is 12.4 Å². The van der Waals surface area contributed by atoms with Gasteiger partial charge in [0, 0.05) is 18.4 Å². The average molecular weight is 370 g/mol. The molecule has 1 N–H and O–H groups in total. The van der Waals surface area contributed by atoms with Crippen molar-refractivity contribution in [1.29, 1.82) is 5.26 Å². The average Bonchev–Trinajstić information content (AvgIpc) is 3.00. The fraction of sp³-hybridized carbons (Fsp3) is 0.136. The zero-order chi connectivity index (χ0) is 19.5. The number of benzene rings is 2. The van der Waals surface area contributed by atoms with Gasteiger partial charge in [-0.3, -0.25) is 9.78 Å². The lowest BCUT2D eigenvalue weighted by Crippen LogP contribution is -2.32. The maximum Gasteiger partial charge on any atom is 0.258 e. The van der Waals surface area contributed by atoms with Crippen LogP contribution in [0.1, 0.15) is 33.3 Å². The second kappa shape index (κ2) is 7.41. The lowest BCUT2D eigenvalue weighted by atomic mass is 10.2. The van der Waals surface area contributed by atoms with Gasteiger partial charge in [-0.1, -0.05) is 18.2 Å². The molecular weight excluding hydrogens is 352 g/mol. The van der Waals surface area contributed by atoms with E-state index in [1.54, 1.807) is 42.5 Å². The number of pyridine rings is 1. The molecule has 1 atom stereocenters. The van der Waals surface area contributed by atoms with Crippen LogP contribution in [-0.2, 0) is 6.54 Å². The van der Waals surface area contributed by atoms with Crippen LogP contribution in [0.2, 0.25) is 0 Å². The predicted octanol–water partition coefficient (Wildman–Crippen LogP) is 3.73. The molecule has 1 unspecified atom stereocenters. The number of ether oxygens (including phenoxy) is 1. The summed E-state index contributed by atoms with van der Waals surface area (Å²) in [7, 11) is 1.62. The van der Waals surface area contributed by atoms with Crippen LogP contribution in [0.25, 0.3) is 0 Å². The van der Waals surface area contributed by atoms with Crippen LogP contribution in [0.15, 0.2) is 66.9 Å². The van der Waals surface area contributed by atoms with Crippen molar-refractivity contribution >= 4 is 11.6 Å². The first-order valence-corrected chi connectivity index (χ1v) is 8.85. The van der Waals surface area contributed by atoms with Crippen LogP contribution in [0, 0.1) is 11.3 Å². The standard InChI is InChI=1S/C22H18N4O2/c1-28-18-9-7-15(8-10-18)14-26-21(20-19(22(26)27)6-3-11-24-20)25-17-5-2-4-16(12-17)13-23/h2-12,21,25H,14H2,1H3. The van der Waals surface area contributed by atoms with Crippen molar-refractivity contribution < 1.29 is 9.53 Å². The summed E-state index contributed by atoms with van der Waals surface area (Å²) >= 11 is 0. The van der Waals surface area contributed by atoms with E-state index in [4.69, 9.17) is 10.00 Å². The quantitative estimate of drug-likeness (QED) is 0.740. The summed E-state index contributed by atoms with van der Waals surface area (Å²) in [6.07, 6.45) is 1.27. The Morgan fingerprint density at radius 3 is 2.75 bits per heavy atom. The molecule has 0 spiro atoms. The molecule has 1 aliphatic heterocycles. The lowest BCUT2D eigenvalue weighted by Gasteiger charge is -2.26. The molecule has 0 bridgehead atoms. The van der Waals surface area contributed by atoms with Crippen LogP contribution < -0.4 is 10.1 Å². The monoisotopic (exact) mass is 370 g/mol. The van der Waals surface area contributed by atoms with E-state index in [1.807, 2.05) is 36.4 Å². The van der Waals surface area contributed by atoms with E-state index < -0.39 is 6.17 Å². The summed E-state index contributed by atoms with van der Waals surface area (Å²) in [5.74, 6) is 0.692. The molecule has 0 aliphatic carbocycles. The Balaban J connectivity index is 1.66. The molecule has 138 valence electrons. The van der Waals surface area contributed by atoms with Crippen LogP contribution >= 0.6 is 0 Å². The topological polar surface area (TPSA) is 78.2 Å². The summed E-state index contributed by atoms with van der Waals surface area (Å²) in [6.45, 7) is 0.425. The highest BCUT2D eigenvalue weighted by Gasteiger charge is 2.37. The first-order valence-electron chi connectivity index (χ1n) is 8.85. The number of fused-ring (bicyclic) bond motifs is 1. The van der Waals surface area contributed by atoms with Crippen molar-refractivity contribution in [3.8, 4) is 11.8 Å². The third kappa shape index (κ3) is 3.26. The second-order valence-electron chi connectivity index (χ2n) is 6.46. The zero-order valence-electron chi connectivity index (χ0n) is 15.3. The van der Waals surface area contributed by atoms with E-state index >= 15 is 0 Å². The third-order valence-electron chi connectivity index (χ3n) is 4.71. The lowest BCUT2D eigenvalue weighted by molar-refractivity contribution is 0.0728. The van der Waals surface area contributed by atoms with E-state index in [9.17, 15) is 4.79 Å². The van der Waals surface area contributed by atoms with Crippen molar-refractivity contribution in [3.05, 3.63) is 89.2 Å². The number of nitrogens with zero attached hydrogens (tertiary/aromatic N) is 3. The Bertz CT molecular complexity index is 1060. The minimum Gasteiger partial charge on any atom is -0.497 e. The van der Waals surface area contributed by atoms with Gasteiger partial charge in [-0.25, -0.2) is 0 Å². The van der Waals surface area contributed by atoms with Crippen LogP contribution in [0.5, 0.6) is 5.75 Å². The number of nitriles is 1.